The Morgan fingerprint density at radius 3 is 2.70 bits per heavy atom. The standard InChI is InChI=1S/C17H24BrClN2O2/c1-12(2)9-14(21-5-7-23-8-6-21)11-20-17(22)15-4-3-13(18)10-16(15)19/h3-4,10,12,14H,5-9,11H2,1-2H3,(H,20,22). The van der Waals surface area contributed by atoms with Crippen molar-refractivity contribution in [1.82, 2.24) is 10.2 Å². The molecule has 1 amide bonds. The zero-order valence-corrected chi connectivity index (χ0v) is 16.0. The minimum atomic E-state index is -0.121. The molecule has 6 heteroatoms. The smallest absolute Gasteiger partial charge is 0.252 e. The van der Waals surface area contributed by atoms with Crippen LogP contribution in [0.15, 0.2) is 22.7 Å². The number of hydrogen-bond donors (Lipinski definition) is 1. The summed E-state index contributed by atoms with van der Waals surface area (Å²) in [7, 11) is 0. The Hall–Kier alpha value is -0.620. The Balaban J connectivity index is 1.97. The fraction of sp³-hybridized carbons (Fsp3) is 0.588. The maximum absolute atomic E-state index is 12.4. The summed E-state index contributed by atoms with van der Waals surface area (Å²) < 4.78 is 6.29. The lowest BCUT2D eigenvalue weighted by molar-refractivity contribution is 0.0124. The van der Waals surface area contributed by atoms with Gasteiger partial charge in [-0.15, -0.1) is 0 Å². The number of nitrogens with zero attached hydrogens (tertiary/aromatic N) is 1. The number of carbonyl (C=O) groups is 1. The second-order valence-electron chi connectivity index (χ2n) is 6.27. The van der Waals surface area contributed by atoms with E-state index in [0.717, 1.165) is 37.2 Å². The van der Waals surface area contributed by atoms with Crippen molar-refractivity contribution in [3.8, 4) is 0 Å². The summed E-state index contributed by atoms with van der Waals surface area (Å²) in [4.78, 5) is 14.8. The lowest BCUT2D eigenvalue weighted by Crippen LogP contribution is -2.49. The third-order valence-electron chi connectivity index (χ3n) is 3.98. The molecule has 23 heavy (non-hydrogen) atoms. The van der Waals surface area contributed by atoms with Gasteiger partial charge in [-0.25, -0.2) is 0 Å². The van der Waals surface area contributed by atoms with E-state index in [-0.39, 0.29) is 5.91 Å². The number of nitrogens with one attached hydrogen (secondary N) is 1. The monoisotopic (exact) mass is 402 g/mol. The van der Waals surface area contributed by atoms with E-state index in [1.165, 1.54) is 0 Å². The van der Waals surface area contributed by atoms with Crippen molar-refractivity contribution in [1.29, 1.82) is 0 Å². The van der Waals surface area contributed by atoms with Crippen molar-refractivity contribution >= 4 is 33.4 Å². The van der Waals surface area contributed by atoms with Crippen LogP contribution in [0.4, 0.5) is 0 Å². The van der Waals surface area contributed by atoms with Gasteiger partial charge in [-0.05, 0) is 30.5 Å². The fourth-order valence-corrected chi connectivity index (χ4v) is 3.59. The molecule has 1 aliphatic heterocycles. The van der Waals surface area contributed by atoms with E-state index in [1.807, 2.05) is 6.07 Å². The van der Waals surface area contributed by atoms with Gasteiger partial charge in [0.2, 0.25) is 0 Å². The first-order valence-corrected chi connectivity index (χ1v) is 9.19. The van der Waals surface area contributed by atoms with E-state index in [1.54, 1.807) is 12.1 Å². The second-order valence-corrected chi connectivity index (χ2v) is 7.59. The highest BCUT2D eigenvalue weighted by Gasteiger charge is 2.23. The van der Waals surface area contributed by atoms with Gasteiger partial charge in [0, 0.05) is 30.1 Å². The summed E-state index contributed by atoms with van der Waals surface area (Å²) in [5.41, 5.74) is 0.514. The SMILES string of the molecule is CC(C)CC(CNC(=O)c1ccc(Br)cc1Cl)N1CCOCC1. The highest BCUT2D eigenvalue weighted by molar-refractivity contribution is 9.10. The highest BCUT2D eigenvalue weighted by atomic mass is 79.9. The van der Waals surface area contributed by atoms with Crippen LogP contribution in [0.3, 0.4) is 0 Å². The molecule has 1 aromatic carbocycles. The molecular weight excluding hydrogens is 380 g/mol. The molecule has 1 heterocycles. The van der Waals surface area contributed by atoms with Crippen LogP contribution in [-0.2, 0) is 4.74 Å². The molecule has 0 aromatic heterocycles. The van der Waals surface area contributed by atoms with E-state index < -0.39 is 0 Å². The lowest BCUT2D eigenvalue weighted by atomic mass is 10.0. The number of rotatable bonds is 6. The number of ether oxygens (including phenoxy) is 1. The molecule has 0 aliphatic carbocycles. The van der Waals surface area contributed by atoms with Crippen molar-refractivity contribution in [2.45, 2.75) is 26.3 Å². The van der Waals surface area contributed by atoms with E-state index in [2.05, 4.69) is 40.0 Å². The number of carbonyl (C=O) groups excluding carboxylic acids is 1. The first-order chi connectivity index (χ1) is 11.0. The summed E-state index contributed by atoms with van der Waals surface area (Å²) in [6.07, 6.45) is 1.05. The summed E-state index contributed by atoms with van der Waals surface area (Å²) in [6, 6.07) is 5.64. The van der Waals surface area contributed by atoms with Crippen LogP contribution >= 0.6 is 27.5 Å². The maximum atomic E-state index is 12.4. The van der Waals surface area contributed by atoms with E-state index in [4.69, 9.17) is 16.3 Å². The molecule has 0 saturated carbocycles. The highest BCUT2D eigenvalue weighted by Crippen LogP contribution is 2.21. The molecule has 0 bridgehead atoms. The van der Waals surface area contributed by atoms with Gasteiger partial charge < -0.3 is 10.1 Å². The van der Waals surface area contributed by atoms with Crippen LogP contribution < -0.4 is 5.32 Å². The maximum Gasteiger partial charge on any atom is 0.252 e. The van der Waals surface area contributed by atoms with Crippen molar-refractivity contribution in [2.24, 2.45) is 5.92 Å². The summed E-state index contributed by atoms with van der Waals surface area (Å²) in [6.45, 7) is 8.42. The van der Waals surface area contributed by atoms with E-state index in [0.29, 0.717) is 29.1 Å². The van der Waals surface area contributed by atoms with Crippen molar-refractivity contribution < 1.29 is 9.53 Å². The number of benzene rings is 1. The molecule has 1 aromatic rings. The Morgan fingerprint density at radius 2 is 2.09 bits per heavy atom. The van der Waals surface area contributed by atoms with Gasteiger partial charge in [-0.3, -0.25) is 9.69 Å². The van der Waals surface area contributed by atoms with Gasteiger partial charge >= 0.3 is 0 Å². The normalized spacial score (nSPS) is 17.3. The Labute approximate surface area is 151 Å². The quantitative estimate of drug-likeness (QED) is 0.789. The Bertz CT molecular complexity index is 533. The molecule has 4 nitrogen and oxygen atoms in total. The van der Waals surface area contributed by atoms with Crippen LogP contribution in [0.25, 0.3) is 0 Å². The molecule has 0 spiro atoms. The third-order valence-corrected chi connectivity index (χ3v) is 4.79. The van der Waals surface area contributed by atoms with Gasteiger partial charge in [-0.2, -0.15) is 0 Å². The molecule has 2 rings (SSSR count). The van der Waals surface area contributed by atoms with Crippen LogP contribution in [-0.4, -0.2) is 49.7 Å². The van der Waals surface area contributed by atoms with Gasteiger partial charge in [0.15, 0.2) is 0 Å². The first-order valence-electron chi connectivity index (χ1n) is 8.02. The van der Waals surface area contributed by atoms with Crippen LogP contribution in [0.2, 0.25) is 5.02 Å². The van der Waals surface area contributed by atoms with Crippen molar-refractivity contribution in [3.05, 3.63) is 33.3 Å². The Morgan fingerprint density at radius 1 is 1.39 bits per heavy atom. The summed E-state index contributed by atoms with van der Waals surface area (Å²) >= 11 is 9.51. The van der Waals surface area contributed by atoms with E-state index in [9.17, 15) is 4.79 Å². The summed E-state index contributed by atoms with van der Waals surface area (Å²) in [5, 5.41) is 3.50. The van der Waals surface area contributed by atoms with Gasteiger partial charge in [0.1, 0.15) is 0 Å². The molecule has 1 unspecified atom stereocenters. The number of halogens is 2. The van der Waals surface area contributed by atoms with Crippen LogP contribution in [0.5, 0.6) is 0 Å². The molecule has 1 saturated heterocycles. The number of amides is 1. The van der Waals surface area contributed by atoms with Gasteiger partial charge in [-0.1, -0.05) is 41.4 Å². The summed E-state index contributed by atoms with van der Waals surface area (Å²) in [5.74, 6) is 0.459. The number of hydrogen-bond acceptors (Lipinski definition) is 3. The largest absolute Gasteiger partial charge is 0.379 e. The van der Waals surface area contributed by atoms with Crippen LogP contribution in [0, 0.1) is 5.92 Å². The minimum Gasteiger partial charge on any atom is -0.379 e. The zero-order chi connectivity index (χ0) is 16.8. The average Bonchev–Trinajstić information content (AvgIpc) is 2.51. The van der Waals surface area contributed by atoms with Gasteiger partial charge in [0.25, 0.3) is 5.91 Å². The molecule has 1 aliphatic rings. The molecular formula is C17H24BrClN2O2. The fourth-order valence-electron chi connectivity index (χ4n) is 2.83. The molecule has 128 valence electrons. The predicted molar refractivity (Wildman–Crippen MR) is 97.1 cm³/mol. The Kier molecular flexibility index (Phi) is 7.34. The van der Waals surface area contributed by atoms with Crippen LogP contribution in [0.1, 0.15) is 30.6 Å². The zero-order valence-electron chi connectivity index (χ0n) is 13.6. The van der Waals surface area contributed by atoms with Crippen molar-refractivity contribution in [2.75, 3.05) is 32.8 Å². The molecule has 1 atom stereocenters. The van der Waals surface area contributed by atoms with Crippen molar-refractivity contribution in [3.63, 3.8) is 0 Å². The molecule has 1 fully saturated rings. The topological polar surface area (TPSA) is 41.6 Å². The predicted octanol–water partition coefficient (Wildman–Crippen LogP) is 3.58. The third kappa shape index (κ3) is 5.75. The lowest BCUT2D eigenvalue weighted by Gasteiger charge is -2.35. The van der Waals surface area contributed by atoms with Gasteiger partial charge in [0.05, 0.1) is 23.8 Å². The molecule has 0 radical (unpaired) electrons. The number of morpholine rings is 1. The average molecular weight is 404 g/mol. The first kappa shape index (κ1) is 18.7. The molecule has 1 N–H and O–H groups in total. The second kappa shape index (κ2) is 9.02. The van der Waals surface area contributed by atoms with E-state index >= 15 is 0 Å². The minimum absolute atomic E-state index is 0.121.